The van der Waals surface area contributed by atoms with E-state index in [-0.39, 0.29) is 17.7 Å². The number of imidazole rings is 1. The van der Waals surface area contributed by atoms with Gasteiger partial charge in [-0.3, -0.25) is 9.59 Å². The Bertz CT molecular complexity index is 1210. The quantitative estimate of drug-likeness (QED) is 0.462. The third kappa shape index (κ3) is 4.22. The summed E-state index contributed by atoms with van der Waals surface area (Å²) in [6.07, 6.45) is 10.5. The maximum Gasteiger partial charge on any atom is 0.251 e. The SMILES string of the molecule is O=C(NC1CC2CCC1C2)c1ccc2[nH]c(-c3ccc(NC(=O)C4CCCCC4)cc3)nc2c1. The fourth-order valence-electron chi connectivity index (χ4n) is 6.28. The number of aromatic amines is 1. The highest BCUT2D eigenvalue weighted by Gasteiger charge is 2.40. The molecule has 2 bridgehead atoms. The van der Waals surface area contributed by atoms with Crippen molar-refractivity contribution < 1.29 is 9.59 Å². The molecule has 3 unspecified atom stereocenters. The van der Waals surface area contributed by atoms with E-state index in [9.17, 15) is 9.59 Å². The number of carbonyl (C=O) groups excluding carboxylic acids is 2. The van der Waals surface area contributed by atoms with Crippen molar-refractivity contribution in [3.05, 3.63) is 48.0 Å². The van der Waals surface area contributed by atoms with E-state index in [2.05, 4.69) is 15.6 Å². The summed E-state index contributed by atoms with van der Waals surface area (Å²) < 4.78 is 0. The van der Waals surface area contributed by atoms with Gasteiger partial charge < -0.3 is 15.6 Å². The molecule has 6 nitrogen and oxygen atoms in total. The van der Waals surface area contributed by atoms with Gasteiger partial charge in [0.15, 0.2) is 0 Å². The fraction of sp³-hybridized carbons (Fsp3) is 0.464. The summed E-state index contributed by atoms with van der Waals surface area (Å²) in [6, 6.07) is 13.8. The molecule has 3 N–H and O–H groups in total. The Kier molecular flexibility index (Phi) is 5.60. The molecule has 3 aliphatic carbocycles. The van der Waals surface area contributed by atoms with Crippen LogP contribution < -0.4 is 10.6 Å². The number of amides is 2. The number of nitrogens with one attached hydrogen (secondary N) is 3. The number of rotatable bonds is 5. The minimum Gasteiger partial charge on any atom is -0.349 e. The topological polar surface area (TPSA) is 86.9 Å². The molecule has 2 amide bonds. The van der Waals surface area contributed by atoms with Crippen molar-refractivity contribution in [2.75, 3.05) is 5.32 Å². The van der Waals surface area contributed by atoms with Gasteiger partial charge in [-0.1, -0.05) is 25.7 Å². The minimum absolute atomic E-state index is 0.00191. The van der Waals surface area contributed by atoms with Crippen LogP contribution in [0.5, 0.6) is 0 Å². The molecule has 34 heavy (non-hydrogen) atoms. The van der Waals surface area contributed by atoms with Gasteiger partial charge in [0.05, 0.1) is 11.0 Å². The molecule has 0 saturated heterocycles. The van der Waals surface area contributed by atoms with E-state index in [4.69, 9.17) is 4.98 Å². The summed E-state index contributed by atoms with van der Waals surface area (Å²) in [4.78, 5) is 33.5. The second-order valence-corrected chi connectivity index (χ2v) is 10.5. The lowest BCUT2D eigenvalue weighted by Gasteiger charge is -2.22. The molecule has 0 radical (unpaired) electrons. The average Bonchev–Trinajstić information content (AvgIpc) is 3.60. The first-order valence-corrected chi connectivity index (χ1v) is 12.8. The Hall–Kier alpha value is -3.15. The zero-order valence-corrected chi connectivity index (χ0v) is 19.5. The Labute approximate surface area is 199 Å². The van der Waals surface area contributed by atoms with Gasteiger partial charge in [-0.15, -0.1) is 0 Å². The summed E-state index contributed by atoms with van der Waals surface area (Å²) in [6.45, 7) is 0. The first-order chi connectivity index (χ1) is 16.6. The third-order valence-electron chi connectivity index (χ3n) is 8.20. The van der Waals surface area contributed by atoms with E-state index in [1.807, 2.05) is 42.5 Å². The fourth-order valence-corrected chi connectivity index (χ4v) is 6.28. The molecule has 3 aliphatic rings. The first kappa shape index (κ1) is 21.4. The number of aromatic nitrogens is 2. The molecule has 6 heteroatoms. The van der Waals surface area contributed by atoms with Gasteiger partial charge in [0.2, 0.25) is 5.91 Å². The van der Waals surface area contributed by atoms with Gasteiger partial charge in [0.25, 0.3) is 5.91 Å². The molecule has 3 atom stereocenters. The van der Waals surface area contributed by atoms with Gasteiger partial charge in [-0.25, -0.2) is 4.98 Å². The standard InChI is InChI=1S/C28H32N4O2/c33-27(19-4-2-1-3-5-19)29-22-11-8-18(9-12-22)26-30-23-13-10-21(16-25(23)31-26)28(34)32-24-15-17-6-7-20(24)14-17/h8-13,16-17,19-20,24H,1-7,14-15H2,(H,29,33)(H,30,31)(H,32,34). The van der Waals surface area contributed by atoms with Gasteiger partial charge in [-0.05, 0) is 86.4 Å². The third-order valence-corrected chi connectivity index (χ3v) is 8.20. The molecule has 0 spiro atoms. The van der Waals surface area contributed by atoms with E-state index in [1.54, 1.807) is 0 Å². The van der Waals surface area contributed by atoms with Crippen molar-refractivity contribution in [2.24, 2.45) is 17.8 Å². The van der Waals surface area contributed by atoms with Crippen molar-refractivity contribution >= 4 is 28.5 Å². The normalized spacial score (nSPS) is 24.4. The lowest BCUT2D eigenvalue weighted by Crippen LogP contribution is -2.38. The smallest absolute Gasteiger partial charge is 0.251 e. The molecular weight excluding hydrogens is 424 g/mol. The van der Waals surface area contributed by atoms with Crippen LogP contribution in [0.3, 0.4) is 0 Å². The molecule has 0 aliphatic heterocycles. The molecule has 1 aromatic heterocycles. The van der Waals surface area contributed by atoms with Crippen LogP contribution in [-0.2, 0) is 4.79 Å². The number of nitrogens with zero attached hydrogens (tertiary/aromatic N) is 1. The monoisotopic (exact) mass is 456 g/mol. The molecule has 1 heterocycles. The predicted molar refractivity (Wildman–Crippen MR) is 133 cm³/mol. The molecule has 3 aromatic rings. The van der Waals surface area contributed by atoms with Crippen LogP contribution >= 0.6 is 0 Å². The first-order valence-electron chi connectivity index (χ1n) is 12.8. The molecule has 3 saturated carbocycles. The maximum atomic E-state index is 12.9. The van der Waals surface area contributed by atoms with Gasteiger partial charge in [0.1, 0.15) is 5.82 Å². The minimum atomic E-state index is 0.00191. The number of hydrogen-bond donors (Lipinski definition) is 3. The number of hydrogen-bond acceptors (Lipinski definition) is 3. The maximum absolute atomic E-state index is 12.9. The molecular formula is C28H32N4O2. The number of carbonyl (C=O) groups is 2. The predicted octanol–water partition coefficient (Wildman–Crippen LogP) is 5.67. The lowest BCUT2D eigenvalue weighted by atomic mass is 9.88. The zero-order chi connectivity index (χ0) is 23.1. The average molecular weight is 457 g/mol. The van der Waals surface area contributed by atoms with E-state index >= 15 is 0 Å². The summed E-state index contributed by atoms with van der Waals surface area (Å²) in [5.74, 6) is 2.49. The van der Waals surface area contributed by atoms with Gasteiger partial charge >= 0.3 is 0 Å². The summed E-state index contributed by atoms with van der Waals surface area (Å²) >= 11 is 0. The van der Waals surface area contributed by atoms with Crippen LogP contribution in [0, 0.1) is 17.8 Å². The van der Waals surface area contributed by atoms with Crippen LogP contribution in [0.4, 0.5) is 5.69 Å². The van der Waals surface area contributed by atoms with Crippen molar-refractivity contribution in [3.63, 3.8) is 0 Å². The Morgan fingerprint density at radius 1 is 0.912 bits per heavy atom. The van der Waals surface area contributed by atoms with Crippen molar-refractivity contribution in [1.82, 2.24) is 15.3 Å². The van der Waals surface area contributed by atoms with Gasteiger partial charge in [0, 0.05) is 28.8 Å². The van der Waals surface area contributed by atoms with Crippen molar-refractivity contribution in [2.45, 2.75) is 63.8 Å². The second kappa shape index (κ2) is 8.90. The highest BCUT2D eigenvalue weighted by molar-refractivity contribution is 5.98. The van der Waals surface area contributed by atoms with E-state index in [0.717, 1.165) is 66.1 Å². The number of benzene rings is 2. The van der Waals surface area contributed by atoms with Crippen LogP contribution in [0.15, 0.2) is 42.5 Å². The van der Waals surface area contributed by atoms with Crippen LogP contribution in [0.25, 0.3) is 22.4 Å². The lowest BCUT2D eigenvalue weighted by molar-refractivity contribution is -0.120. The van der Waals surface area contributed by atoms with Crippen LogP contribution in [-0.4, -0.2) is 27.8 Å². The molecule has 6 rings (SSSR count). The Morgan fingerprint density at radius 2 is 1.74 bits per heavy atom. The number of fused-ring (bicyclic) bond motifs is 3. The number of H-pyrrole nitrogens is 1. The highest BCUT2D eigenvalue weighted by atomic mass is 16.2. The molecule has 2 aromatic carbocycles. The van der Waals surface area contributed by atoms with E-state index < -0.39 is 0 Å². The summed E-state index contributed by atoms with van der Waals surface area (Å²) in [5.41, 5.74) is 4.11. The molecule has 176 valence electrons. The van der Waals surface area contributed by atoms with Gasteiger partial charge in [-0.2, -0.15) is 0 Å². The van der Waals surface area contributed by atoms with Crippen LogP contribution in [0.1, 0.15) is 68.1 Å². The van der Waals surface area contributed by atoms with Crippen molar-refractivity contribution in [1.29, 1.82) is 0 Å². The second-order valence-electron chi connectivity index (χ2n) is 10.5. The highest BCUT2D eigenvalue weighted by Crippen LogP contribution is 2.44. The number of anilines is 1. The largest absolute Gasteiger partial charge is 0.349 e. The summed E-state index contributed by atoms with van der Waals surface area (Å²) in [7, 11) is 0. The summed E-state index contributed by atoms with van der Waals surface area (Å²) in [5, 5.41) is 6.33. The zero-order valence-electron chi connectivity index (χ0n) is 19.5. The Morgan fingerprint density at radius 3 is 2.47 bits per heavy atom. The van der Waals surface area contributed by atoms with Crippen molar-refractivity contribution in [3.8, 4) is 11.4 Å². The van der Waals surface area contributed by atoms with E-state index in [0.29, 0.717) is 17.5 Å². The molecule has 3 fully saturated rings. The van der Waals surface area contributed by atoms with E-state index in [1.165, 1.54) is 25.7 Å². The van der Waals surface area contributed by atoms with Crippen LogP contribution in [0.2, 0.25) is 0 Å². The Balaban J connectivity index is 1.13.